The summed E-state index contributed by atoms with van der Waals surface area (Å²) in [6.07, 6.45) is 1.02. The summed E-state index contributed by atoms with van der Waals surface area (Å²) in [4.78, 5) is 17.1. The van der Waals surface area contributed by atoms with Gasteiger partial charge in [0.1, 0.15) is 10.2 Å². The maximum absolute atomic E-state index is 14.5. The molecule has 0 atom stereocenters. The molecule has 0 saturated carbocycles. The first-order valence-corrected chi connectivity index (χ1v) is 9.56. The Morgan fingerprint density at radius 1 is 1.23 bits per heavy atom. The number of benzene rings is 1. The molecule has 3 rings (SSSR count). The smallest absolute Gasteiger partial charge is 0.278 e. The molecular formula is C16H11Cl2F2N3OS2. The fourth-order valence-electron chi connectivity index (χ4n) is 2.14. The van der Waals surface area contributed by atoms with Gasteiger partial charge in [0.25, 0.3) is 0 Å². The van der Waals surface area contributed by atoms with Gasteiger partial charge in [-0.1, -0.05) is 41.4 Å². The lowest BCUT2D eigenvalue weighted by atomic mass is 10.2. The van der Waals surface area contributed by atoms with E-state index in [4.69, 9.17) is 23.2 Å². The van der Waals surface area contributed by atoms with Gasteiger partial charge in [-0.2, -0.15) is 0 Å². The Bertz CT molecular complexity index is 1090. The molecule has 0 fully saturated rings. The number of aromatic nitrogens is 2. The summed E-state index contributed by atoms with van der Waals surface area (Å²) >= 11 is 14.0. The van der Waals surface area contributed by atoms with Crippen LogP contribution in [0, 0.1) is 11.6 Å². The second-order valence-corrected chi connectivity index (χ2v) is 8.46. The molecule has 1 aromatic carbocycles. The number of thiophene rings is 1. The molecule has 0 N–H and O–H groups in total. The third-order valence-corrected chi connectivity index (χ3v) is 6.12. The van der Waals surface area contributed by atoms with Gasteiger partial charge in [0.15, 0.2) is 11.3 Å². The molecule has 0 unspecified atom stereocenters. The SMILES string of the molecule is Cn1c(=O)n(Sc2cc(Cl)sc2Cl)cc(F)/c1=N\Cc1ccccc1F. The third-order valence-electron chi connectivity index (χ3n) is 3.42. The average Bonchev–Trinajstić information content (AvgIpc) is 2.91. The van der Waals surface area contributed by atoms with Crippen LogP contribution in [0.5, 0.6) is 0 Å². The van der Waals surface area contributed by atoms with Gasteiger partial charge in [0.05, 0.1) is 22.0 Å². The largest absolute Gasteiger partial charge is 0.340 e. The summed E-state index contributed by atoms with van der Waals surface area (Å²) in [5.41, 5.74) is -0.364. The molecular weight excluding hydrogens is 423 g/mol. The molecule has 0 aliphatic heterocycles. The fourth-order valence-corrected chi connectivity index (χ4v) is 4.69. The maximum atomic E-state index is 14.5. The number of hydrogen-bond acceptors (Lipinski definition) is 4. The van der Waals surface area contributed by atoms with Crippen LogP contribution in [0.4, 0.5) is 8.78 Å². The van der Waals surface area contributed by atoms with E-state index < -0.39 is 17.3 Å². The van der Waals surface area contributed by atoms with Gasteiger partial charge >= 0.3 is 5.69 Å². The Morgan fingerprint density at radius 2 is 1.96 bits per heavy atom. The van der Waals surface area contributed by atoms with Crippen molar-refractivity contribution in [3.05, 3.63) is 78.4 Å². The van der Waals surface area contributed by atoms with E-state index in [-0.39, 0.29) is 12.0 Å². The van der Waals surface area contributed by atoms with E-state index in [2.05, 4.69) is 4.99 Å². The van der Waals surface area contributed by atoms with Crippen molar-refractivity contribution in [3.8, 4) is 0 Å². The highest BCUT2D eigenvalue weighted by molar-refractivity contribution is 7.98. The average molecular weight is 434 g/mol. The van der Waals surface area contributed by atoms with E-state index in [1.54, 1.807) is 24.3 Å². The maximum Gasteiger partial charge on any atom is 0.340 e. The summed E-state index contributed by atoms with van der Waals surface area (Å²) in [5, 5.41) is 0. The Balaban J connectivity index is 1.98. The van der Waals surface area contributed by atoms with Gasteiger partial charge in [0, 0.05) is 12.6 Å². The number of hydrogen-bond donors (Lipinski definition) is 0. The number of rotatable bonds is 4. The Labute approximate surface area is 165 Å². The minimum absolute atomic E-state index is 0.0833. The monoisotopic (exact) mass is 433 g/mol. The molecule has 3 aromatic rings. The van der Waals surface area contributed by atoms with Crippen LogP contribution in [0.3, 0.4) is 0 Å². The number of nitrogens with zero attached hydrogens (tertiary/aromatic N) is 3. The van der Waals surface area contributed by atoms with Gasteiger partial charge in [-0.05, 0) is 24.1 Å². The molecule has 0 amide bonds. The first kappa shape index (κ1) is 19.2. The van der Waals surface area contributed by atoms with Gasteiger partial charge in [-0.3, -0.25) is 9.56 Å². The molecule has 0 aliphatic carbocycles. The van der Waals surface area contributed by atoms with Crippen molar-refractivity contribution >= 4 is 46.5 Å². The predicted octanol–water partition coefficient (Wildman–Crippen LogP) is 4.49. The molecule has 136 valence electrons. The van der Waals surface area contributed by atoms with Gasteiger partial charge in [-0.15, -0.1) is 11.3 Å². The second kappa shape index (κ2) is 7.96. The van der Waals surface area contributed by atoms with Crippen LogP contribution in [0.15, 0.2) is 51.2 Å². The van der Waals surface area contributed by atoms with E-state index in [0.29, 0.717) is 19.1 Å². The van der Waals surface area contributed by atoms with Crippen molar-refractivity contribution in [2.75, 3.05) is 0 Å². The van der Waals surface area contributed by atoms with Crippen molar-refractivity contribution in [2.24, 2.45) is 12.0 Å². The first-order chi connectivity index (χ1) is 12.4. The van der Waals surface area contributed by atoms with Crippen molar-refractivity contribution in [3.63, 3.8) is 0 Å². The predicted molar refractivity (Wildman–Crippen MR) is 101 cm³/mol. The summed E-state index contributed by atoms with van der Waals surface area (Å²) in [6.45, 7) is -0.0833. The third kappa shape index (κ3) is 4.03. The molecule has 4 nitrogen and oxygen atoms in total. The van der Waals surface area contributed by atoms with Gasteiger partial charge < -0.3 is 0 Å². The minimum atomic E-state index is -0.714. The summed E-state index contributed by atoms with van der Waals surface area (Å²) in [6, 6.07) is 7.66. The van der Waals surface area contributed by atoms with Crippen LogP contribution in [0.2, 0.25) is 8.67 Å². The minimum Gasteiger partial charge on any atom is -0.278 e. The first-order valence-electron chi connectivity index (χ1n) is 7.22. The molecule has 0 saturated heterocycles. The highest BCUT2D eigenvalue weighted by Gasteiger charge is 2.12. The van der Waals surface area contributed by atoms with E-state index in [9.17, 15) is 13.6 Å². The molecule has 0 radical (unpaired) electrons. The van der Waals surface area contributed by atoms with E-state index >= 15 is 0 Å². The normalized spacial score (nSPS) is 12.0. The van der Waals surface area contributed by atoms with Crippen LogP contribution < -0.4 is 11.2 Å². The molecule has 2 aromatic heterocycles. The lowest BCUT2D eigenvalue weighted by molar-refractivity contribution is 0.549. The quantitative estimate of drug-likeness (QED) is 0.607. The Kier molecular flexibility index (Phi) is 5.86. The zero-order valence-corrected chi connectivity index (χ0v) is 16.4. The van der Waals surface area contributed by atoms with Crippen LogP contribution in [0.1, 0.15) is 5.56 Å². The van der Waals surface area contributed by atoms with E-state index in [0.717, 1.165) is 38.0 Å². The van der Waals surface area contributed by atoms with Crippen molar-refractivity contribution in [1.82, 2.24) is 8.54 Å². The summed E-state index contributed by atoms with van der Waals surface area (Å²) in [5.74, 6) is -1.15. The van der Waals surface area contributed by atoms with E-state index in [1.165, 1.54) is 13.1 Å². The van der Waals surface area contributed by atoms with Gasteiger partial charge in [-0.25, -0.2) is 17.5 Å². The van der Waals surface area contributed by atoms with Crippen LogP contribution in [-0.2, 0) is 13.6 Å². The molecule has 26 heavy (non-hydrogen) atoms. The zero-order chi connectivity index (χ0) is 18.8. The topological polar surface area (TPSA) is 39.3 Å². The van der Waals surface area contributed by atoms with Crippen molar-refractivity contribution < 1.29 is 8.78 Å². The number of halogens is 4. The van der Waals surface area contributed by atoms with Crippen LogP contribution in [0.25, 0.3) is 0 Å². The zero-order valence-electron chi connectivity index (χ0n) is 13.2. The fraction of sp³-hybridized carbons (Fsp3) is 0.125. The molecule has 10 heteroatoms. The van der Waals surface area contributed by atoms with Crippen molar-refractivity contribution in [2.45, 2.75) is 11.4 Å². The summed E-state index contributed by atoms with van der Waals surface area (Å²) < 4.78 is 31.2. The lowest BCUT2D eigenvalue weighted by Gasteiger charge is -2.08. The van der Waals surface area contributed by atoms with Crippen LogP contribution in [-0.4, -0.2) is 8.54 Å². The molecule has 2 heterocycles. The molecule has 0 aliphatic rings. The van der Waals surface area contributed by atoms with Gasteiger partial charge in [0.2, 0.25) is 0 Å². The second-order valence-electron chi connectivity index (χ2n) is 5.16. The Hall–Kier alpha value is -1.61. The van der Waals surface area contributed by atoms with Crippen molar-refractivity contribution in [1.29, 1.82) is 0 Å². The standard InChI is InChI=1S/C16H11Cl2F2N3OS2/c1-22-15(21-7-9-4-2-3-5-10(9)19)11(20)8-23(16(22)24)26-12-6-13(17)25-14(12)18/h2-6,8H,7H2,1H3/b21-15+. The molecule has 0 bridgehead atoms. The molecule has 0 spiro atoms. The summed E-state index contributed by atoms with van der Waals surface area (Å²) in [7, 11) is 1.39. The van der Waals surface area contributed by atoms with E-state index in [1.807, 2.05) is 0 Å². The Morgan fingerprint density at radius 3 is 2.62 bits per heavy atom. The van der Waals surface area contributed by atoms with Crippen LogP contribution >= 0.6 is 46.5 Å². The highest BCUT2D eigenvalue weighted by Crippen LogP contribution is 2.37. The highest BCUT2D eigenvalue weighted by atomic mass is 35.5. The lowest BCUT2D eigenvalue weighted by Crippen LogP contribution is -2.38.